The molecule has 0 saturated heterocycles. The molecule has 2 nitrogen and oxygen atoms in total. The van der Waals surface area contributed by atoms with E-state index in [1.54, 1.807) is 12.1 Å². The van der Waals surface area contributed by atoms with Crippen LogP contribution in [0.2, 0.25) is 0 Å². The van der Waals surface area contributed by atoms with Gasteiger partial charge in [-0.15, -0.1) is 0 Å². The molecule has 0 fully saturated rings. The molecule has 0 radical (unpaired) electrons. The lowest BCUT2D eigenvalue weighted by atomic mass is 9.86. The molecule has 0 aliphatic heterocycles. The molecule has 1 rings (SSSR count). The first-order valence-electron chi connectivity index (χ1n) is 7.97. The van der Waals surface area contributed by atoms with E-state index in [-0.39, 0.29) is 17.3 Å². The van der Waals surface area contributed by atoms with E-state index in [0.717, 1.165) is 25.1 Å². The van der Waals surface area contributed by atoms with Crippen molar-refractivity contribution in [2.75, 3.05) is 20.1 Å². The predicted molar refractivity (Wildman–Crippen MR) is 89.0 cm³/mol. The van der Waals surface area contributed by atoms with Crippen molar-refractivity contribution in [3.8, 4) is 0 Å². The highest BCUT2D eigenvalue weighted by Gasteiger charge is 2.27. The highest BCUT2D eigenvalue weighted by molar-refractivity contribution is 5.20. The number of nitrogens with zero attached hydrogens (tertiary/aromatic N) is 1. The van der Waals surface area contributed by atoms with Gasteiger partial charge in [-0.2, -0.15) is 0 Å². The van der Waals surface area contributed by atoms with E-state index in [2.05, 4.69) is 51.9 Å². The minimum Gasteiger partial charge on any atom is -0.314 e. The van der Waals surface area contributed by atoms with Crippen molar-refractivity contribution >= 4 is 0 Å². The van der Waals surface area contributed by atoms with Crippen LogP contribution in [0.15, 0.2) is 24.3 Å². The maximum atomic E-state index is 13.9. The van der Waals surface area contributed by atoms with Crippen LogP contribution in [0.25, 0.3) is 0 Å². The van der Waals surface area contributed by atoms with E-state index in [4.69, 9.17) is 0 Å². The standard InChI is InChI=1S/C18H31FN2/c1-7-18(5,12-20-14(2)3)13-21(6)15(4)16-10-8-9-11-17(16)19/h8-11,14-15,20H,7,12-13H2,1-6H3. The van der Waals surface area contributed by atoms with E-state index >= 15 is 0 Å². The first-order valence-corrected chi connectivity index (χ1v) is 7.97. The molecule has 1 aromatic carbocycles. The minimum atomic E-state index is -0.115. The number of hydrogen-bond acceptors (Lipinski definition) is 2. The first kappa shape index (κ1) is 18.1. The van der Waals surface area contributed by atoms with Crippen LogP contribution in [0.3, 0.4) is 0 Å². The summed E-state index contributed by atoms with van der Waals surface area (Å²) in [6.45, 7) is 12.9. The zero-order chi connectivity index (χ0) is 16.0. The quantitative estimate of drug-likeness (QED) is 0.771. The zero-order valence-corrected chi connectivity index (χ0v) is 14.4. The van der Waals surface area contributed by atoms with Crippen LogP contribution < -0.4 is 5.32 Å². The first-order chi connectivity index (χ1) is 9.79. The lowest BCUT2D eigenvalue weighted by molar-refractivity contribution is 0.143. The SMILES string of the molecule is CCC(C)(CNC(C)C)CN(C)C(C)c1ccccc1F. The second kappa shape index (κ2) is 7.90. The number of halogens is 1. The van der Waals surface area contributed by atoms with Crippen LogP contribution in [0.1, 0.15) is 52.6 Å². The van der Waals surface area contributed by atoms with E-state index in [0.29, 0.717) is 6.04 Å². The summed E-state index contributed by atoms with van der Waals surface area (Å²) in [5, 5.41) is 3.53. The summed E-state index contributed by atoms with van der Waals surface area (Å²) in [7, 11) is 2.08. The van der Waals surface area contributed by atoms with E-state index in [1.807, 2.05) is 12.1 Å². The molecule has 0 saturated carbocycles. The summed E-state index contributed by atoms with van der Waals surface area (Å²) in [5.41, 5.74) is 0.966. The third-order valence-electron chi connectivity index (χ3n) is 4.44. The summed E-state index contributed by atoms with van der Waals surface area (Å²) >= 11 is 0. The summed E-state index contributed by atoms with van der Waals surface area (Å²) in [6.07, 6.45) is 1.10. The summed E-state index contributed by atoms with van der Waals surface area (Å²) in [4.78, 5) is 2.25. The molecule has 120 valence electrons. The molecule has 0 amide bonds. The van der Waals surface area contributed by atoms with Crippen LogP contribution in [-0.4, -0.2) is 31.1 Å². The Bertz CT molecular complexity index is 433. The Morgan fingerprint density at radius 1 is 1.24 bits per heavy atom. The fourth-order valence-electron chi connectivity index (χ4n) is 2.53. The van der Waals surface area contributed by atoms with Crippen molar-refractivity contribution in [3.05, 3.63) is 35.6 Å². The monoisotopic (exact) mass is 294 g/mol. The lowest BCUT2D eigenvalue weighted by Crippen LogP contribution is -2.43. The average molecular weight is 294 g/mol. The number of nitrogens with one attached hydrogen (secondary N) is 1. The van der Waals surface area contributed by atoms with Gasteiger partial charge in [0, 0.05) is 30.7 Å². The molecule has 0 spiro atoms. The Kier molecular flexibility index (Phi) is 6.82. The minimum absolute atomic E-state index is 0.0797. The summed E-state index contributed by atoms with van der Waals surface area (Å²) in [6, 6.07) is 7.64. The Balaban J connectivity index is 2.73. The highest BCUT2D eigenvalue weighted by Crippen LogP contribution is 2.27. The van der Waals surface area contributed by atoms with E-state index in [9.17, 15) is 4.39 Å². The van der Waals surface area contributed by atoms with Gasteiger partial charge in [0.2, 0.25) is 0 Å². The molecule has 2 unspecified atom stereocenters. The van der Waals surface area contributed by atoms with Gasteiger partial charge in [-0.1, -0.05) is 45.9 Å². The molecule has 0 aromatic heterocycles. The molecular weight excluding hydrogens is 263 g/mol. The molecule has 2 atom stereocenters. The largest absolute Gasteiger partial charge is 0.314 e. The Hall–Kier alpha value is -0.930. The fraction of sp³-hybridized carbons (Fsp3) is 0.667. The maximum absolute atomic E-state index is 13.9. The summed E-state index contributed by atoms with van der Waals surface area (Å²) in [5.74, 6) is -0.115. The van der Waals surface area contributed by atoms with Crippen LogP contribution >= 0.6 is 0 Å². The molecule has 1 aromatic rings. The third kappa shape index (κ3) is 5.40. The normalized spacial score (nSPS) is 16.2. The number of hydrogen-bond donors (Lipinski definition) is 1. The molecule has 0 heterocycles. The Morgan fingerprint density at radius 2 is 1.86 bits per heavy atom. The van der Waals surface area contributed by atoms with Crippen molar-refractivity contribution in [2.45, 2.75) is 53.1 Å². The van der Waals surface area contributed by atoms with Crippen LogP contribution in [0.5, 0.6) is 0 Å². The molecular formula is C18H31FN2. The van der Waals surface area contributed by atoms with Gasteiger partial charge in [0.05, 0.1) is 0 Å². The van der Waals surface area contributed by atoms with Gasteiger partial charge in [0.15, 0.2) is 0 Å². The zero-order valence-electron chi connectivity index (χ0n) is 14.4. The molecule has 0 aliphatic carbocycles. The van der Waals surface area contributed by atoms with Crippen LogP contribution in [0.4, 0.5) is 4.39 Å². The summed E-state index contributed by atoms with van der Waals surface area (Å²) < 4.78 is 13.9. The van der Waals surface area contributed by atoms with Gasteiger partial charge in [-0.3, -0.25) is 4.90 Å². The number of benzene rings is 1. The van der Waals surface area contributed by atoms with Gasteiger partial charge >= 0.3 is 0 Å². The highest BCUT2D eigenvalue weighted by atomic mass is 19.1. The topological polar surface area (TPSA) is 15.3 Å². The van der Waals surface area contributed by atoms with Gasteiger partial charge in [0.1, 0.15) is 5.82 Å². The second-order valence-electron chi connectivity index (χ2n) is 6.81. The smallest absolute Gasteiger partial charge is 0.127 e. The predicted octanol–water partition coefficient (Wildman–Crippen LogP) is 4.23. The van der Waals surface area contributed by atoms with Crippen molar-refractivity contribution in [2.24, 2.45) is 5.41 Å². The fourth-order valence-corrected chi connectivity index (χ4v) is 2.53. The second-order valence-corrected chi connectivity index (χ2v) is 6.81. The molecule has 0 bridgehead atoms. The molecule has 3 heteroatoms. The van der Waals surface area contributed by atoms with Crippen molar-refractivity contribution in [1.82, 2.24) is 10.2 Å². The van der Waals surface area contributed by atoms with Crippen molar-refractivity contribution < 1.29 is 4.39 Å². The van der Waals surface area contributed by atoms with Gasteiger partial charge < -0.3 is 5.32 Å². The van der Waals surface area contributed by atoms with Crippen LogP contribution in [0, 0.1) is 11.2 Å². The average Bonchev–Trinajstić information content (AvgIpc) is 2.45. The Labute approximate surface area is 129 Å². The third-order valence-corrected chi connectivity index (χ3v) is 4.44. The lowest BCUT2D eigenvalue weighted by Gasteiger charge is -2.37. The van der Waals surface area contributed by atoms with Crippen molar-refractivity contribution in [1.29, 1.82) is 0 Å². The molecule has 1 N–H and O–H groups in total. The number of rotatable bonds is 8. The molecule has 21 heavy (non-hydrogen) atoms. The van der Waals surface area contributed by atoms with E-state index < -0.39 is 0 Å². The molecule has 0 aliphatic rings. The van der Waals surface area contributed by atoms with Gasteiger partial charge in [-0.05, 0) is 31.9 Å². The van der Waals surface area contributed by atoms with Crippen molar-refractivity contribution in [3.63, 3.8) is 0 Å². The van der Waals surface area contributed by atoms with Gasteiger partial charge in [-0.25, -0.2) is 4.39 Å². The Morgan fingerprint density at radius 3 is 2.38 bits per heavy atom. The van der Waals surface area contributed by atoms with Gasteiger partial charge in [0.25, 0.3) is 0 Å². The van der Waals surface area contributed by atoms with Crippen LogP contribution in [-0.2, 0) is 0 Å². The maximum Gasteiger partial charge on any atom is 0.127 e. The van der Waals surface area contributed by atoms with E-state index in [1.165, 1.54) is 0 Å².